The van der Waals surface area contributed by atoms with Crippen molar-refractivity contribution in [3.63, 3.8) is 0 Å². The van der Waals surface area contributed by atoms with Crippen LogP contribution in [0.3, 0.4) is 0 Å². The van der Waals surface area contributed by atoms with Gasteiger partial charge in [0.1, 0.15) is 0 Å². The average molecular weight is 398 g/mol. The highest BCUT2D eigenvalue weighted by Gasteiger charge is 2.63. The minimum absolute atomic E-state index is 1.90. The Morgan fingerprint density at radius 1 is 0.538 bits per heavy atom. The van der Waals surface area contributed by atoms with Gasteiger partial charge in [-0.05, 0) is 0 Å². The highest BCUT2D eigenvalue weighted by molar-refractivity contribution is 5.39. The Bertz CT molecular complexity index is 833. The van der Waals surface area contributed by atoms with Gasteiger partial charge in [0.05, 0.1) is 11.1 Å². The smallest absolute Gasteiger partial charge is 0.372 e. The number of hydrogen-bond acceptors (Lipinski definition) is 3. The zero-order chi connectivity index (χ0) is 20.2. The largest absolute Gasteiger partial charge is 0.426 e. The molecule has 142 valence electrons. The lowest BCUT2D eigenvalue weighted by molar-refractivity contribution is -0.252. The van der Waals surface area contributed by atoms with Crippen molar-refractivity contribution >= 4 is 0 Å². The van der Waals surface area contributed by atoms with Crippen molar-refractivity contribution < 1.29 is 53.4 Å². The zero-order valence-corrected chi connectivity index (χ0v) is 11.5. The van der Waals surface area contributed by atoms with Crippen LogP contribution >= 0.6 is 0 Å². The van der Waals surface area contributed by atoms with Crippen LogP contribution in [0.1, 0.15) is 11.1 Å². The second-order valence-corrected chi connectivity index (χ2v) is 4.60. The average Bonchev–Trinajstić information content (AvgIpc) is 2.49. The molecule has 0 aliphatic carbocycles. The van der Waals surface area contributed by atoms with Gasteiger partial charge in [-0.15, -0.1) is 0 Å². The number of aromatic nitrogens is 2. The molecular weight excluding hydrogens is 397 g/mol. The summed E-state index contributed by atoms with van der Waals surface area (Å²) in [7, 11) is 0. The van der Waals surface area contributed by atoms with Crippen LogP contribution in [-0.4, -0.2) is 21.3 Å². The molecule has 0 aliphatic rings. The van der Waals surface area contributed by atoms with E-state index in [-0.39, 0.29) is 0 Å². The van der Waals surface area contributed by atoms with Gasteiger partial charge >= 0.3 is 6.18 Å². The monoisotopic (exact) mass is 398 g/mol. The summed E-state index contributed by atoms with van der Waals surface area (Å²) < 4.78 is 146. The van der Waals surface area contributed by atoms with Crippen LogP contribution in [0.2, 0.25) is 0 Å². The number of pyridine rings is 2. The molecule has 2 heterocycles. The molecule has 0 atom stereocenters. The maximum Gasteiger partial charge on any atom is 0.426 e. The number of halogens is 11. The maximum atomic E-state index is 13.7. The normalized spacial score (nSPS) is 12.6. The summed E-state index contributed by atoms with van der Waals surface area (Å²) in [4.78, 5) is 3.79. The van der Waals surface area contributed by atoms with Gasteiger partial charge in [0, 0.05) is 0 Å². The number of hydrogen-bond donors (Lipinski definition) is 1. The van der Waals surface area contributed by atoms with E-state index >= 15 is 0 Å². The molecule has 0 bridgehead atoms. The first-order valence-electron chi connectivity index (χ1n) is 5.95. The molecule has 2 aromatic heterocycles. The van der Waals surface area contributed by atoms with Gasteiger partial charge in [-0.1, -0.05) is 0 Å². The molecule has 0 radical (unpaired) electrons. The van der Waals surface area contributed by atoms with Gasteiger partial charge in [0.25, 0.3) is 11.9 Å². The molecule has 3 nitrogen and oxygen atoms in total. The van der Waals surface area contributed by atoms with E-state index in [9.17, 15) is 53.4 Å². The molecule has 0 spiro atoms. The van der Waals surface area contributed by atoms with Crippen molar-refractivity contribution in [1.29, 1.82) is 0 Å². The van der Waals surface area contributed by atoms with Crippen LogP contribution < -0.4 is 0 Å². The van der Waals surface area contributed by atoms with Crippen molar-refractivity contribution in [3.8, 4) is 0 Å². The predicted octanol–water partition coefficient (Wildman–Crippen LogP) is 3.39. The van der Waals surface area contributed by atoms with E-state index in [0.29, 0.717) is 0 Å². The summed E-state index contributed by atoms with van der Waals surface area (Å²) in [6.07, 6.45) is -6.46. The van der Waals surface area contributed by atoms with Gasteiger partial charge in [0.2, 0.25) is 29.1 Å². The Morgan fingerprint density at radius 2 is 0.846 bits per heavy atom. The first-order chi connectivity index (χ1) is 11.7. The second kappa shape index (κ2) is 6.03. The second-order valence-electron chi connectivity index (χ2n) is 4.60. The van der Waals surface area contributed by atoms with Gasteiger partial charge in [-0.2, -0.15) is 49.5 Å². The Hall–Kier alpha value is -2.51. The van der Waals surface area contributed by atoms with Gasteiger partial charge in [-0.25, -0.2) is 8.78 Å². The Labute approximate surface area is 134 Å². The number of nitrogens with zero attached hydrogens (tertiary/aromatic N) is 2. The predicted molar refractivity (Wildman–Crippen MR) is 57.2 cm³/mol. The Morgan fingerprint density at radius 3 is 1.12 bits per heavy atom. The van der Waals surface area contributed by atoms with Gasteiger partial charge in [0.15, 0.2) is 11.6 Å². The maximum absolute atomic E-state index is 13.7. The van der Waals surface area contributed by atoms with Crippen LogP contribution in [0.4, 0.5) is 48.3 Å². The standard InChI is InChI=1S/C12HF11N2O/c13-3-1(7(17)24-9(19)5(3)15)11(26,12(21,22)23)2-4(14)6(16)10(20)25-8(2)18/h26H. The fourth-order valence-corrected chi connectivity index (χ4v) is 1.99. The minimum atomic E-state index is -6.46. The molecule has 0 amide bonds. The summed E-state index contributed by atoms with van der Waals surface area (Å²) in [5, 5.41) is 9.70. The summed E-state index contributed by atoms with van der Waals surface area (Å²) >= 11 is 0. The van der Waals surface area contributed by atoms with E-state index in [4.69, 9.17) is 0 Å². The molecule has 0 aromatic carbocycles. The SMILES string of the molecule is OC(c1c(F)nc(F)c(F)c1F)(c1c(F)nc(F)c(F)c1F)C(F)(F)F. The fraction of sp³-hybridized carbons (Fsp3) is 0.167. The molecule has 0 saturated carbocycles. The van der Waals surface area contributed by atoms with Crippen LogP contribution in [0.15, 0.2) is 0 Å². The quantitative estimate of drug-likeness (QED) is 0.624. The highest BCUT2D eigenvalue weighted by Crippen LogP contribution is 2.47. The molecule has 2 aromatic rings. The fourth-order valence-electron chi connectivity index (χ4n) is 1.99. The lowest BCUT2D eigenvalue weighted by atomic mass is 9.86. The summed E-state index contributed by atoms with van der Waals surface area (Å²) in [6.45, 7) is 0. The number of aliphatic hydroxyl groups is 1. The molecule has 26 heavy (non-hydrogen) atoms. The minimum Gasteiger partial charge on any atom is -0.372 e. The van der Waals surface area contributed by atoms with Crippen molar-refractivity contribution in [1.82, 2.24) is 9.97 Å². The number of rotatable bonds is 2. The summed E-state index contributed by atoms with van der Waals surface area (Å²) in [5.74, 6) is -22.7. The summed E-state index contributed by atoms with van der Waals surface area (Å²) in [6, 6.07) is 0. The third-order valence-corrected chi connectivity index (χ3v) is 3.13. The molecule has 0 aliphatic heterocycles. The Balaban J connectivity index is 3.06. The van der Waals surface area contributed by atoms with Crippen LogP contribution in [-0.2, 0) is 5.60 Å². The molecule has 2 rings (SSSR count). The van der Waals surface area contributed by atoms with E-state index in [1.54, 1.807) is 0 Å². The first kappa shape index (κ1) is 19.8. The van der Waals surface area contributed by atoms with E-state index in [1.165, 1.54) is 0 Å². The van der Waals surface area contributed by atoms with E-state index in [0.717, 1.165) is 0 Å². The molecule has 14 heteroatoms. The third kappa shape index (κ3) is 2.64. The zero-order valence-electron chi connectivity index (χ0n) is 11.5. The van der Waals surface area contributed by atoms with E-state index in [2.05, 4.69) is 0 Å². The van der Waals surface area contributed by atoms with Crippen LogP contribution in [0, 0.1) is 47.1 Å². The third-order valence-electron chi connectivity index (χ3n) is 3.13. The van der Waals surface area contributed by atoms with Gasteiger partial charge < -0.3 is 5.11 Å². The van der Waals surface area contributed by atoms with Crippen LogP contribution in [0.5, 0.6) is 0 Å². The molecule has 0 unspecified atom stereocenters. The molecule has 0 saturated heterocycles. The first-order valence-corrected chi connectivity index (χ1v) is 5.95. The Kier molecular flexibility index (Phi) is 4.60. The molecule has 0 fully saturated rings. The lowest BCUT2D eigenvalue weighted by Gasteiger charge is -2.31. The van der Waals surface area contributed by atoms with E-state index < -0.39 is 70.0 Å². The van der Waals surface area contributed by atoms with Crippen molar-refractivity contribution in [2.75, 3.05) is 0 Å². The lowest BCUT2D eigenvalue weighted by Crippen LogP contribution is -2.47. The van der Waals surface area contributed by atoms with Crippen molar-refractivity contribution in [3.05, 3.63) is 58.2 Å². The van der Waals surface area contributed by atoms with Crippen LogP contribution in [0.25, 0.3) is 0 Å². The summed E-state index contributed by atoms with van der Waals surface area (Å²) in [5.41, 5.74) is -11.3. The topological polar surface area (TPSA) is 46.0 Å². The van der Waals surface area contributed by atoms with Crippen molar-refractivity contribution in [2.24, 2.45) is 0 Å². The highest BCUT2D eigenvalue weighted by atomic mass is 19.4. The molecule has 1 N–H and O–H groups in total. The van der Waals surface area contributed by atoms with Crippen molar-refractivity contribution in [2.45, 2.75) is 11.8 Å². The molecular formula is C12HF11N2O. The van der Waals surface area contributed by atoms with E-state index in [1.807, 2.05) is 9.97 Å². The van der Waals surface area contributed by atoms with Gasteiger partial charge in [-0.3, -0.25) is 0 Å². The number of alkyl halides is 3.